The highest BCUT2D eigenvalue weighted by Crippen LogP contribution is 2.34. The third-order valence-electron chi connectivity index (χ3n) is 5.11. The van der Waals surface area contributed by atoms with Gasteiger partial charge in [0.05, 0.1) is 17.8 Å². The van der Waals surface area contributed by atoms with Crippen LogP contribution in [0, 0.1) is 0 Å². The van der Waals surface area contributed by atoms with Crippen LogP contribution in [0.1, 0.15) is 81.8 Å². The van der Waals surface area contributed by atoms with Crippen LogP contribution in [-0.2, 0) is 10.3 Å². The first-order valence-corrected chi connectivity index (χ1v) is 9.78. The average molecular weight is 354 g/mol. The molecule has 1 aromatic heterocycles. The summed E-state index contributed by atoms with van der Waals surface area (Å²) in [6, 6.07) is 10.7. The fraction of sp³-hybridized carbons (Fsp3) is 0.545. The smallest absolute Gasteiger partial charge is 0.358 e. The molecule has 1 heterocycles. The van der Waals surface area contributed by atoms with Gasteiger partial charge in [0, 0.05) is 0 Å². The van der Waals surface area contributed by atoms with Gasteiger partial charge in [-0.25, -0.2) is 4.79 Å². The number of rotatable bonds is 4. The van der Waals surface area contributed by atoms with Gasteiger partial charge in [-0.15, -0.1) is 0 Å². The quantitative estimate of drug-likeness (QED) is 0.678. The van der Waals surface area contributed by atoms with E-state index in [1.54, 1.807) is 0 Å². The summed E-state index contributed by atoms with van der Waals surface area (Å²) >= 11 is 0. The second-order valence-electron chi connectivity index (χ2n) is 8.17. The van der Waals surface area contributed by atoms with Gasteiger partial charge in [-0.2, -0.15) is 5.10 Å². The molecule has 0 spiro atoms. The molecule has 2 aromatic rings. The number of hydrogen-bond donors (Lipinski definition) is 0. The lowest BCUT2D eigenvalue weighted by molar-refractivity contribution is 0.0517. The Morgan fingerprint density at radius 1 is 1.15 bits per heavy atom. The van der Waals surface area contributed by atoms with Crippen molar-refractivity contribution in [2.24, 2.45) is 0 Å². The van der Waals surface area contributed by atoms with E-state index >= 15 is 0 Å². The van der Waals surface area contributed by atoms with Crippen molar-refractivity contribution >= 4 is 5.97 Å². The fourth-order valence-electron chi connectivity index (χ4n) is 3.76. The second-order valence-corrected chi connectivity index (χ2v) is 8.17. The summed E-state index contributed by atoms with van der Waals surface area (Å²) in [5, 5.41) is 4.53. The molecule has 26 heavy (non-hydrogen) atoms. The number of hydrogen-bond acceptors (Lipinski definition) is 3. The van der Waals surface area contributed by atoms with Crippen molar-refractivity contribution in [3.8, 4) is 11.3 Å². The van der Waals surface area contributed by atoms with E-state index in [1.165, 1.54) is 37.7 Å². The van der Waals surface area contributed by atoms with Gasteiger partial charge in [-0.3, -0.25) is 4.68 Å². The minimum Gasteiger partial charge on any atom is -0.461 e. The van der Waals surface area contributed by atoms with Crippen LogP contribution in [0.5, 0.6) is 0 Å². The number of benzene rings is 1. The Balaban J connectivity index is 1.93. The highest BCUT2D eigenvalue weighted by atomic mass is 16.5. The largest absolute Gasteiger partial charge is 0.461 e. The number of carbonyl (C=O) groups excluding carboxylic acids is 1. The number of esters is 1. The van der Waals surface area contributed by atoms with Crippen molar-refractivity contribution in [1.82, 2.24) is 9.78 Å². The molecular weight excluding hydrogens is 324 g/mol. The molecule has 0 saturated heterocycles. The standard InChI is InChI=1S/C22H30N2O2/c1-5-26-21(25)19-15-20(24(23-19)22(2,3)4)18-13-11-17(12-14-18)16-9-7-6-8-10-16/h11-16H,5-10H2,1-4H3. The molecular formula is C22H30N2O2. The minimum atomic E-state index is -0.365. The van der Waals surface area contributed by atoms with Crippen molar-refractivity contribution in [3.63, 3.8) is 0 Å². The van der Waals surface area contributed by atoms with Crippen LogP contribution in [0.3, 0.4) is 0 Å². The Morgan fingerprint density at radius 3 is 2.38 bits per heavy atom. The summed E-state index contributed by atoms with van der Waals surface area (Å²) < 4.78 is 7.05. The number of carbonyl (C=O) groups is 1. The number of nitrogens with zero attached hydrogens (tertiary/aromatic N) is 2. The van der Waals surface area contributed by atoms with Gasteiger partial charge in [0.1, 0.15) is 0 Å². The molecule has 1 aromatic carbocycles. The maximum Gasteiger partial charge on any atom is 0.358 e. The van der Waals surface area contributed by atoms with E-state index in [-0.39, 0.29) is 11.5 Å². The molecule has 3 rings (SSSR count). The highest BCUT2D eigenvalue weighted by molar-refractivity contribution is 5.88. The molecule has 0 amide bonds. The predicted octanol–water partition coefficient (Wildman–Crippen LogP) is 5.53. The molecule has 0 unspecified atom stereocenters. The first-order chi connectivity index (χ1) is 12.4. The molecule has 0 atom stereocenters. The molecule has 0 bridgehead atoms. The Labute approximate surface area is 156 Å². The van der Waals surface area contributed by atoms with Crippen LogP contribution in [0.2, 0.25) is 0 Å². The topological polar surface area (TPSA) is 44.1 Å². The zero-order valence-corrected chi connectivity index (χ0v) is 16.4. The summed E-state index contributed by atoms with van der Waals surface area (Å²) in [5.74, 6) is 0.330. The van der Waals surface area contributed by atoms with Crippen LogP contribution in [0.25, 0.3) is 11.3 Å². The van der Waals surface area contributed by atoms with E-state index in [2.05, 4.69) is 50.1 Å². The van der Waals surface area contributed by atoms with Gasteiger partial charge < -0.3 is 4.74 Å². The maximum absolute atomic E-state index is 12.1. The van der Waals surface area contributed by atoms with E-state index in [9.17, 15) is 4.79 Å². The van der Waals surface area contributed by atoms with E-state index in [0.717, 1.165) is 11.3 Å². The van der Waals surface area contributed by atoms with E-state index in [0.29, 0.717) is 18.2 Å². The summed E-state index contributed by atoms with van der Waals surface area (Å²) in [4.78, 5) is 12.1. The Bertz CT molecular complexity index is 747. The molecule has 1 fully saturated rings. The van der Waals surface area contributed by atoms with Crippen LogP contribution in [0.15, 0.2) is 30.3 Å². The second kappa shape index (κ2) is 7.65. The number of aromatic nitrogens is 2. The molecule has 1 saturated carbocycles. The van der Waals surface area contributed by atoms with Crippen molar-refractivity contribution < 1.29 is 9.53 Å². The van der Waals surface area contributed by atoms with Crippen LogP contribution < -0.4 is 0 Å². The number of ether oxygens (including phenoxy) is 1. The SMILES string of the molecule is CCOC(=O)c1cc(-c2ccc(C3CCCCC3)cc2)n(C(C)(C)C)n1. The maximum atomic E-state index is 12.1. The Kier molecular flexibility index (Phi) is 5.49. The molecule has 0 aliphatic heterocycles. The van der Waals surface area contributed by atoms with Crippen molar-refractivity contribution in [3.05, 3.63) is 41.6 Å². The molecule has 1 aliphatic carbocycles. The minimum absolute atomic E-state index is 0.220. The lowest BCUT2D eigenvalue weighted by Gasteiger charge is -2.24. The Morgan fingerprint density at radius 2 is 1.81 bits per heavy atom. The average Bonchev–Trinajstić information content (AvgIpc) is 3.09. The monoisotopic (exact) mass is 354 g/mol. The summed E-state index contributed by atoms with van der Waals surface area (Å²) in [6.07, 6.45) is 6.65. The van der Waals surface area contributed by atoms with Gasteiger partial charge in [0.25, 0.3) is 0 Å². The summed E-state index contributed by atoms with van der Waals surface area (Å²) in [6.45, 7) is 8.44. The predicted molar refractivity (Wildman–Crippen MR) is 104 cm³/mol. The molecule has 4 nitrogen and oxygen atoms in total. The molecule has 0 N–H and O–H groups in total. The first kappa shape index (κ1) is 18.7. The highest BCUT2D eigenvalue weighted by Gasteiger charge is 2.24. The van der Waals surface area contributed by atoms with E-state index < -0.39 is 0 Å². The van der Waals surface area contributed by atoms with Gasteiger partial charge in [-0.05, 0) is 63.6 Å². The van der Waals surface area contributed by atoms with Crippen LogP contribution >= 0.6 is 0 Å². The van der Waals surface area contributed by atoms with Crippen LogP contribution in [-0.4, -0.2) is 22.4 Å². The van der Waals surface area contributed by atoms with Crippen molar-refractivity contribution in [2.45, 2.75) is 71.3 Å². The van der Waals surface area contributed by atoms with Gasteiger partial charge in [-0.1, -0.05) is 43.5 Å². The van der Waals surface area contributed by atoms with E-state index in [4.69, 9.17) is 4.74 Å². The zero-order valence-electron chi connectivity index (χ0n) is 16.4. The zero-order chi connectivity index (χ0) is 18.7. The lowest BCUT2D eigenvalue weighted by Crippen LogP contribution is -2.24. The summed E-state index contributed by atoms with van der Waals surface area (Å²) in [5.41, 5.74) is 3.62. The van der Waals surface area contributed by atoms with E-state index in [1.807, 2.05) is 17.7 Å². The van der Waals surface area contributed by atoms with Gasteiger partial charge in [0.15, 0.2) is 5.69 Å². The van der Waals surface area contributed by atoms with Crippen molar-refractivity contribution in [1.29, 1.82) is 0 Å². The Hall–Kier alpha value is -2.10. The lowest BCUT2D eigenvalue weighted by atomic mass is 9.84. The fourth-order valence-corrected chi connectivity index (χ4v) is 3.76. The van der Waals surface area contributed by atoms with Crippen molar-refractivity contribution in [2.75, 3.05) is 6.61 Å². The molecule has 1 aliphatic rings. The first-order valence-electron chi connectivity index (χ1n) is 9.78. The normalized spacial score (nSPS) is 15.8. The molecule has 0 radical (unpaired) electrons. The molecule has 4 heteroatoms. The molecule has 140 valence electrons. The van der Waals surface area contributed by atoms with Gasteiger partial charge >= 0.3 is 5.97 Å². The third-order valence-corrected chi connectivity index (χ3v) is 5.11. The third kappa shape index (κ3) is 4.00. The van der Waals surface area contributed by atoms with Gasteiger partial charge in [0.2, 0.25) is 0 Å². The van der Waals surface area contributed by atoms with Crippen LogP contribution in [0.4, 0.5) is 0 Å². The summed E-state index contributed by atoms with van der Waals surface area (Å²) in [7, 11) is 0.